The van der Waals surface area contributed by atoms with Gasteiger partial charge >= 0.3 is 0 Å². The Kier molecular flexibility index (Phi) is 4.30. The first-order valence-electron chi connectivity index (χ1n) is 7.03. The lowest BCUT2D eigenvalue weighted by molar-refractivity contribution is 0.373. The summed E-state index contributed by atoms with van der Waals surface area (Å²) in [7, 11) is 2.44. The number of fused-ring (bicyclic) bond motifs is 1. The quantitative estimate of drug-likeness (QED) is 0.723. The molecule has 1 radical (unpaired) electrons. The van der Waals surface area contributed by atoms with E-state index in [1.807, 2.05) is 0 Å². The third kappa shape index (κ3) is 2.75. The van der Waals surface area contributed by atoms with Crippen molar-refractivity contribution in [3.05, 3.63) is 17.0 Å². The maximum absolute atomic E-state index is 5.59. The predicted octanol–water partition coefficient (Wildman–Crippen LogP) is 3.85. The predicted molar refractivity (Wildman–Crippen MR) is 71.8 cm³/mol. The minimum absolute atomic E-state index is 0.576. The summed E-state index contributed by atoms with van der Waals surface area (Å²) in [6.45, 7) is 6.89. The molecule has 0 amide bonds. The van der Waals surface area contributed by atoms with Crippen LogP contribution in [0, 0.1) is 5.92 Å². The minimum Gasteiger partial charge on any atom is -0.361 e. The zero-order valence-electron chi connectivity index (χ0n) is 11.3. The van der Waals surface area contributed by atoms with Crippen LogP contribution in [0.15, 0.2) is 4.52 Å². The lowest BCUT2D eigenvalue weighted by Gasteiger charge is -2.19. The third-order valence-electron chi connectivity index (χ3n) is 4.02. The summed E-state index contributed by atoms with van der Waals surface area (Å²) >= 11 is 0. The van der Waals surface area contributed by atoms with E-state index < -0.39 is 0 Å². The molecule has 1 aromatic heterocycles. The molecule has 0 bridgehead atoms. The van der Waals surface area contributed by atoms with Gasteiger partial charge in [0.2, 0.25) is 0 Å². The lowest BCUT2D eigenvalue weighted by Crippen LogP contribution is -2.10. The molecule has 17 heavy (non-hydrogen) atoms. The Bertz CT molecular complexity index is 361. The van der Waals surface area contributed by atoms with Crippen molar-refractivity contribution in [2.45, 2.75) is 65.0 Å². The lowest BCUT2D eigenvalue weighted by atomic mass is 9.64. The molecule has 0 saturated carbocycles. The molecule has 93 valence electrons. The molecule has 2 atom stereocenters. The Morgan fingerprint density at radius 2 is 2.24 bits per heavy atom. The summed E-state index contributed by atoms with van der Waals surface area (Å²) in [5.74, 6) is 2.43. The average molecular weight is 232 g/mol. The Hall–Kier alpha value is -0.725. The van der Waals surface area contributed by atoms with Crippen LogP contribution >= 0.6 is 0 Å². The van der Waals surface area contributed by atoms with Gasteiger partial charge in [-0.05, 0) is 18.3 Å². The molecule has 3 heteroatoms. The number of hydrogen-bond acceptors (Lipinski definition) is 2. The van der Waals surface area contributed by atoms with Crippen molar-refractivity contribution in [1.82, 2.24) is 5.16 Å². The monoisotopic (exact) mass is 232 g/mol. The fraction of sp³-hybridized carbons (Fsp3) is 0.786. The van der Waals surface area contributed by atoms with Crippen molar-refractivity contribution in [1.29, 1.82) is 0 Å². The SMILES string of the molecule is CCCc1noc2c1C(C)C(C)C[B]CCC2. The maximum Gasteiger partial charge on any atom is 0.140 e. The maximum atomic E-state index is 5.59. The molecule has 0 aromatic carbocycles. The van der Waals surface area contributed by atoms with Gasteiger partial charge in [0.1, 0.15) is 13.0 Å². The molecule has 0 N–H and O–H groups in total. The van der Waals surface area contributed by atoms with Gasteiger partial charge in [-0.25, -0.2) is 0 Å². The van der Waals surface area contributed by atoms with Crippen LogP contribution in [0.5, 0.6) is 0 Å². The van der Waals surface area contributed by atoms with E-state index in [4.69, 9.17) is 4.52 Å². The van der Waals surface area contributed by atoms with Crippen LogP contribution in [-0.2, 0) is 12.8 Å². The van der Waals surface area contributed by atoms with E-state index in [1.165, 1.54) is 30.3 Å². The van der Waals surface area contributed by atoms with E-state index in [9.17, 15) is 0 Å². The number of rotatable bonds is 2. The van der Waals surface area contributed by atoms with Crippen molar-refractivity contribution in [3.8, 4) is 0 Å². The minimum atomic E-state index is 0.576. The van der Waals surface area contributed by atoms with Crippen molar-refractivity contribution >= 4 is 7.28 Å². The van der Waals surface area contributed by atoms with Gasteiger partial charge in [0.25, 0.3) is 0 Å². The first-order chi connectivity index (χ1) is 8.24. The highest BCUT2D eigenvalue weighted by Crippen LogP contribution is 2.34. The van der Waals surface area contributed by atoms with Crippen molar-refractivity contribution < 1.29 is 4.52 Å². The fourth-order valence-electron chi connectivity index (χ4n) is 2.76. The summed E-state index contributed by atoms with van der Waals surface area (Å²) in [4.78, 5) is 0. The second kappa shape index (κ2) is 5.75. The van der Waals surface area contributed by atoms with Crippen LogP contribution in [0.3, 0.4) is 0 Å². The van der Waals surface area contributed by atoms with Crippen molar-refractivity contribution in [3.63, 3.8) is 0 Å². The molecule has 1 aromatic rings. The number of aryl methyl sites for hydroxylation is 2. The first kappa shape index (κ1) is 12.7. The third-order valence-corrected chi connectivity index (χ3v) is 4.02. The smallest absolute Gasteiger partial charge is 0.140 e. The van der Waals surface area contributed by atoms with Gasteiger partial charge in [-0.2, -0.15) is 0 Å². The van der Waals surface area contributed by atoms with Crippen LogP contribution < -0.4 is 0 Å². The summed E-state index contributed by atoms with van der Waals surface area (Å²) in [6.07, 6.45) is 6.89. The average Bonchev–Trinajstić information content (AvgIpc) is 2.72. The molecule has 0 aliphatic carbocycles. The second-order valence-electron chi connectivity index (χ2n) is 5.40. The highest BCUT2D eigenvalue weighted by Gasteiger charge is 2.25. The Morgan fingerprint density at radius 3 is 3.00 bits per heavy atom. The Morgan fingerprint density at radius 1 is 1.41 bits per heavy atom. The van der Waals surface area contributed by atoms with E-state index in [0.29, 0.717) is 11.8 Å². The molecule has 1 aliphatic heterocycles. The highest BCUT2D eigenvalue weighted by atomic mass is 16.5. The fourth-order valence-corrected chi connectivity index (χ4v) is 2.76. The van der Waals surface area contributed by atoms with Crippen LogP contribution in [0.25, 0.3) is 0 Å². The van der Waals surface area contributed by atoms with Gasteiger partial charge in [-0.1, -0.05) is 51.4 Å². The largest absolute Gasteiger partial charge is 0.361 e. The summed E-state index contributed by atoms with van der Waals surface area (Å²) in [6, 6.07) is 0. The zero-order chi connectivity index (χ0) is 12.3. The van der Waals surface area contributed by atoms with Crippen molar-refractivity contribution in [2.75, 3.05) is 0 Å². The van der Waals surface area contributed by atoms with E-state index in [0.717, 1.165) is 25.0 Å². The molecule has 2 unspecified atom stereocenters. The van der Waals surface area contributed by atoms with E-state index in [-0.39, 0.29) is 0 Å². The van der Waals surface area contributed by atoms with Crippen LogP contribution in [0.2, 0.25) is 12.6 Å². The van der Waals surface area contributed by atoms with Gasteiger partial charge in [0, 0.05) is 12.0 Å². The molecule has 2 heterocycles. The van der Waals surface area contributed by atoms with Gasteiger partial charge in [-0.15, -0.1) is 0 Å². The highest BCUT2D eigenvalue weighted by molar-refractivity contribution is 6.35. The molecule has 2 rings (SSSR count). The Labute approximate surface area is 105 Å². The van der Waals surface area contributed by atoms with Gasteiger partial charge < -0.3 is 4.52 Å². The van der Waals surface area contributed by atoms with Gasteiger partial charge in [-0.3, -0.25) is 0 Å². The van der Waals surface area contributed by atoms with Crippen LogP contribution in [-0.4, -0.2) is 12.4 Å². The molecule has 1 aliphatic rings. The standard InChI is InChI=1S/C14H23BNO/c1-4-6-12-14-11(3)10(2)9-15-8-5-7-13(14)17-16-12/h10-11H,4-9H2,1-3H3. The second-order valence-corrected chi connectivity index (χ2v) is 5.40. The first-order valence-corrected chi connectivity index (χ1v) is 7.03. The zero-order valence-corrected chi connectivity index (χ0v) is 11.3. The van der Waals surface area contributed by atoms with E-state index >= 15 is 0 Å². The summed E-state index contributed by atoms with van der Waals surface area (Å²) < 4.78 is 5.59. The Balaban J connectivity index is 2.31. The van der Waals surface area contributed by atoms with Gasteiger partial charge in [0.05, 0.1) is 5.69 Å². The molecular formula is C14H23BNO. The van der Waals surface area contributed by atoms with Crippen LogP contribution in [0.1, 0.15) is 56.5 Å². The summed E-state index contributed by atoms with van der Waals surface area (Å²) in [5.41, 5.74) is 2.64. The molecular weight excluding hydrogens is 209 g/mol. The van der Waals surface area contributed by atoms with E-state index in [1.54, 1.807) is 0 Å². The van der Waals surface area contributed by atoms with Crippen molar-refractivity contribution in [2.24, 2.45) is 5.92 Å². The summed E-state index contributed by atoms with van der Waals surface area (Å²) in [5, 5.41) is 4.30. The van der Waals surface area contributed by atoms with E-state index in [2.05, 4.69) is 33.2 Å². The molecule has 0 saturated heterocycles. The molecule has 0 fully saturated rings. The van der Waals surface area contributed by atoms with Gasteiger partial charge in [0.15, 0.2) is 0 Å². The van der Waals surface area contributed by atoms with Crippen LogP contribution in [0.4, 0.5) is 0 Å². The topological polar surface area (TPSA) is 26.0 Å². The number of nitrogens with zero attached hydrogens (tertiary/aromatic N) is 1. The normalized spacial score (nSPS) is 25.4. The number of aromatic nitrogens is 1. The molecule has 2 nitrogen and oxygen atoms in total. The molecule has 0 spiro atoms. The number of hydrogen-bond donors (Lipinski definition) is 0.